The monoisotopic (exact) mass is 236 g/mol. The van der Waals surface area contributed by atoms with Gasteiger partial charge in [0.15, 0.2) is 12.4 Å². The number of rotatable bonds is 4. The summed E-state index contributed by atoms with van der Waals surface area (Å²) in [6.45, 7) is 2.24. The van der Waals surface area contributed by atoms with E-state index in [4.69, 9.17) is 4.74 Å². The Balaban J connectivity index is 2.63. The highest BCUT2D eigenvalue weighted by Gasteiger charge is 2.08. The normalized spacial score (nSPS) is 9.53. The highest BCUT2D eigenvalue weighted by atomic mass is 16.5. The third kappa shape index (κ3) is 4.46. The first kappa shape index (κ1) is 12.9. The van der Waals surface area contributed by atoms with Gasteiger partial charge in [0, 0.05) is 19.4 Å². The molecule has 0 aliphatic rings. The van der Waals surface area contributed by atoms with Crippen molar-refractivity contribution in [2.45, 2.75) is 13.8 Å². The molecule has 0 aromatic heterocycles. The smallest absolute Gasteiger partial charge is 0.308 e. The third-order valence-electron chi connectivity index (χ3n) is 1.84. The number of Topliss-reactive ketones (excluding diaryl/α,β-unsaturated/α-hetero) is 1. The fourth-order valence-electron chi connectivity index (χ4n) is 1.13. The second kappa shape index (κ2) is 5.79. The van der Waals surface area contributed by atoms with Crippen LogP contribution in [0.3, 0.4) is 0 Å². The average molecular weight is 236 g/mol. The highest BCUT2D eigenvalue weighted by molar-refractivity contribution is 5.98. The molecule has 0 N–H and O–H groups in total. The van der Waals surface area contributed by atoms with E-state index in [0.717, 1.165) is 0 Å². The van der Waals surface area contributed by atoms with E-state index in [1.54, 1.807) is 0 Å². The topological polar surface area (TPSA) is 69.7 Å². The van der Waals surface area contributed by atoms with Crippen molar-refractivity contribution in [3.8, 4) is 5.75 Å². The Labute approximate surface area is 98.3 Å². The quantitative estimate of drug-likeness (QED) is 0.448. The minimum Gasteiger partial charge on any atom is -0.457 e. The van der Waals surface area contributed by atoms with Crippen LogP contribution in [0.15, 0.2) is 24.3 Å². The number of benzene rings is 1. The third-order valence-corrected chi connectivity index (χ3v) is 1.84. The number of carbonyl (C=O) groups is 3. The van der Waals surface area contributed by atoms with Crippen molar-refractivity contribution in [2.75, 3.05) is 6.61 Å². The number of esters is 2. The highest BCUT2D eigenvalue weighted by Crippen LogP contribution is 2.12. The molecule has 1 aromatic carbocycles. The molecule has 0 atom stereocenters. The van der Waals surface area contributed by atoms with Crippen molar-refractivity contribution in [2.24, 2.45) is 0 Å². The fraction of sp³-hybridized carbons (Fsp3) is 0.250. The number of hydrogen-bond donors (Lipinski definition) is 0. The summed E-state index contributed by atoms with van der Waals surface area (Å²) in [5.74, 6) is -0.880. The van der Waals surface area contributed by atoms with Crippen LogP contribution in [0.5, 0.6) is 5.75 Å². The zero-order chi connectivity index (χ0) is 12.8. The van der Waals surface area contributed by atoms with Crippen LogP contribution in [0.1, 0.15) is 24.2 Å². The molecule has 0 saturated carbocycles. The van der Waals surface area contributed by atoms with Crippen LogP contribution in [0.4, 0.5) is 0 Å². The van der Waals surface area contributed by atoms with Gasteiger partial charge in [-0.15, -0.1) is 0 Å². The molecule has 0 aliphatic carbocycles. The van der Waals surface area contributed by atoms with Gasteiger partial charge in [-0.1, -0.05) is 0 Å². The lowest BCUT2D eigenvalue weighted by atomic mass is 10.1. The molecule has 0 heterocycles. The van der Waals surface area contributed by atoms with Gasteiger partial charge in [0.25, 0.3) is 0 Å². The number of ketones is 1. The van der Waals surface area contributed by atoms with E-state index in [-0.39, 0.29) is 12.4 Å². The van der Waals surface area contributed by atoms with Crippen LogP contribution < -0.4 is 4.74 Å². The predicted octanol–water partition coefficient (Wildman–Crippen LogP) is 1.36. The maximum atomic E-state index is 11.5. The van der Waals surface area contributed by atoms with E-state index in [1.807, 2.05) is 0 Å². The van der Waals surface area contributed by atoms with Crippen molar-refractivity contribution in [3.63, 3.8) is 0 Å². The lowest BCUT2D eigenvalue weighted by Gasteiger charge is -2.03. The molecule has 90 valence electrons. The Kier molecular flexibility index (Phi) is 4.39. The van der Waals surface area contributed by atoms with Gasteiger partial charge in [-0.2, -0.15) is 0 Å². The van der Waals surface area contributed by atoms with E-state index < -0.39 is 11.9 Å². The molecule has 5 nitrogen and oxygen atoms in total. The molecule has 0 amide bonds. The van der Waals surface area contributed by atoms with Crippen LogP contribution >= 0.6 is 0 Å². The Hall–Kier alpha value is -2.17. The molecule has 0 bridgehead atoms. The van der Waals surface area contributed by atoms with E-state index in [2.05, 4.69) is 4.74 Å². The number of hydrogen-bond acceptors (Lipinski definition) is 5. The molecule has 0 unspecified atom stereocenters. The average Bonchev–Trinajstić information content (AvgIpc) is 2.26. The summed E-state index contributed by atoms with van der Waals surface area (Å²) < 4.78 is 9.39. The first-order chi connectivity index (χ1) is 7.99. The molecule has 0 fully saturated rings. The molecule has 0 radical (unpaired) electrons. The second-order valence-corrected chi connectivity index (χ2v) is 3.32. The van der Waals surface area contributed by atoms with Gasteiger partial charge in [0.05, 0.1) is 0 Å². The Morgan fingerprint density at radius 2 is 1.59 bits per heavy atom. The SMILES string of the molecule is CC(=O)OCC(=O)c1ccc(OC(C)=O)cc1. The molecule has 17 heavy (non-hydrogen) atoms. The van der Waals surface area contributed by atoms with Gasteiger partial charge in [-0.3, -0.25) is 14.4 Å². The van der Waals surface area contributed by atoms with Crippen LogP contribution in [0.25, 0.3) is 0 Å². The number of ether oxygens (including phenoxy) is 2. The summed E-state index contributed by atoms with van der Waals surface area (Å²) in [6, 6.07) is 6.01. The van der Waals surface area contributed by atoms with Crippen molar-refractivity contribution in [1.82, 2.24) is 0 Å². The first-order valence-corrected chi connectivity index (χ1v) is 4.94. The summed E-state index contributed by atoms with van der Waals surface area (Å²) >= 11 is 0. The Bertz CT molecular complexity index is 433. The second-order valence-electron chi connectivity index (χ2n) is 3.32. The summed E-state index contributed by atoms with van der Waals surface area (Å²) in [4.78, 5) is 32.7. The Morgan fingerprint density at radius 3 is 2.06 bits per heavy atom. The van der Waals surface area contributed by atoms with Crippen molar-refractivity contribution in [3.05, 3.63) is 29.8 Å². The lowest BCUT2D eigenvalue weighted by molar-refractivity contribution is -0.139. The van der Waals surface area contributed by atoms with Gasteiger partial charge in [0.1, 0.15) is 5.75 Å². The summed E-state index contributed by atoms with van der Waals surface area (Å²) in [5, 5.41) is 0. The van der Waals surface area contributed by atoms with Gasteiger partial charge in [0.2, 0.25) is 0 Å². The molecule has 0 aliphatic heterocycles. The molecule has 0 spiro atoms. The fourth-order valence-corrected chi connectivity index (χ4v) is 1.13. The first-order valence-electron chi connectivity index (χ1n) is 4.94. The molecule has 0 saturated heterocycles. The van der Waals surface area contributed by atoms with Crippen molar-refractivity contribution in [1.29, 1.82) is 0 Å². The zero-order valence-corrected chi connectivity index (χ0v) is 9.56. The van der Waals surface area contributed by atoms with Crippen molar-refractivity contribution >= 4 is 17.7 Å². The van der Waals surface area contributed by atoms with Gasteiger partial charge < -0.3 is 9.47 Å². The van der Waals surface area contributed by atoms with Gasteiger partial charge >= 0.3 is 11.9 Å². The van der Waals surface area contributed by atoms with Crippen LogP contribution in [-0.4, -0.2) is 24.3 Å². The van der Waals surface area contributed by atoms with E-state index in [1.165, 1.54) is 38.1 Å². The van der Waals surface area contributed by atoms with E-state index in [9.17, 15) is 14.4 Å². The van der Waals surface area contributed by atoms with Crippen molar-refractivity contribution < 1.29 is 23.9 Å². The van der Waals surface area contributed by atoms with E-state index >= 15 is 0 Å². The molecular formula is C12H12O5. The Morgan fingerprint density at radius 1 is 1.00 bits per heavy atom. The summed E-state index contributed by atoms with van der Waals surface area (Å²) in [7, 11) is 0. The lowest BCUT2D eigenvalue weighted by Crippen LogP contribution is -2.11. The maximum absolute atomic E-state index is 11.5. The minimum atomic E-state index is -0.505. The summed E-state index contributed by atoms with van der Waals surface area (Å²) in [5.41, 5.74) is 0.391. The molecule has 1 rings (SSSR count). The standard InChI is InChI=1S/C12H12O5/c1-8(13)16-7-12(15)10-3-5-11(6-4-10)17-9(2)14/h3-6H,7H2,1-2H3. The van der Waals surface area contributed by atoms with Crippen LogP contribution in [0.2, 0.25) is 0 Å². The number of carbonyl (C=O) groups excluding carboxylic acids is 3. The van der Waals surface area contributed by atoms with Crippen LogP contribution in [-0.2, 0) is 14.3 Å². The van der Waals surface area contributed by atoms with Gasteiger partial charge in [-0.25, -0.2) is 0 Å². The maximum Gasteiger partial charge on any atom is 0.308 e. The van der Waals surface area contributed by atoms with Crippen LogP contribution in [0, 0.1) is 0 Å². The van der Waals surface area contributed by atoms with E-state index in [0.29, 0.717) is 11.3 Å². The predicted molar refractivity (Wildman–Crippen MR) is 58.7 cm³/mol. The zero-order valence-electron chi connectivity index (χ0n) is 9.56. The minimum absolute atomic E-state index is 0.289. The summed E-state index contributed by atoms with van der Waals surface area (Å²) in [6.07, 6.45) is 0. The van der Waals surface area contributed by atoms with Gasteiger partial charge in [-0.05, 0) is 24.3 Å². The molecular weight excluding hydrogens is 224 g/mol. The molecule has 5 heteroatoms. The largest absolute Gasteiger partial charge is 0.457 e. The molecule has 1 aromatic rings.